The third-order valence-electron chi connectivity index (χ3n) is 14.2. The second-order valence-electron chi connectivity index (χ2n) is 22.4. The van der Waals surface area contributed by atoms with Gasteiger partial charge in [0.05, 0.1) is 23.9 Å². The topological polar surface area (TPSA) is 156 Å². The third kappa shape index (κ3) is 12.4. The van der Waals surface area contributed by atoms with Crippen molar-refractivity contribution in [2.45, 2.75) is 96.5 Å². The molecular formula is C52H71F3N8O8SSi2. The lowest BCUT2D eigenvalue weighted by Gasteiger charge is -2.48. The minimum atomic E-state index is -4.58. The predicted molar refractivity (Wildman–Crippen MR) is 286 cm³/mol. The van der Waals surface area contributed by atoms with Gasteiger partial charge in [0.1, 0.15) is 37.0 Å². The van der Waals surface area contributed by atoms with E-state index in [0.717, 1.165) is 78.8 Å². The summed E-state index contributed by atoms with van der Waals surface area (Å²) in [7, 11) is -6.27. The number of ether oxygens (including phenoxy) is 3. The zero-order valence-corrected chi connectivity index (χ0v) is 46.9. The van der Waals surface area contributed by atoms with Crippen LogP contribution in [0.5, 0.6) is 0 Å². The molecule has 0 amide bonds. The second-order valence-corrected chi connectivity index (χ2v) is 35.5. The number of benzene rings is 2. The standard InChI is InChI=1S/C52H71F3N8O8SSi2/c1-35(2)47(52(65)68-3)45-27-46(57-71-45)60-30-40(31-60)59-20-18-58(19-21-59)39-12-10-36(11-13-39)37-26-41-42(32-61(51(41)56-28-37)33-69-22-24-73(4,5)6)50(64)48-43(54)14-15-44(49(48)55)63(34-70-23-25-74(7,8)9)72(66,67)62-17-16-38(53)29-62/h10-15,26-28,32,35,38,40,47H,16-25,29-31,33-34H2,1-9H3/t38-,47?/m1/s1. The number of pyridine rings is 1. The largest absolute Gasteiger partial charge is 0.468 e. The van der Waals surface area contributed by atoms with Crippen molar-refractivity contribution >= 4 is 66.3 Å². The number of piperazine rings is 1. The van der Waals surface area contributed by atoms with Crippen LogP contribution >= 0.6 is 0 Å². The van der Waals surface area contributed by atoms with E-state index in [1.54, 1.807) is 16.8 Å². The number of hydrogen-bond acceptors (Lipinski definition) is 13. The Morgan fingerprint density at radius 3 is 2.16 bits per heavy atom. The second kappa shape index (κ2) is 22.6. The van der Waals surface area contributed by atoms with Crippen LogP contribution in [0.3, 0.4) is 0 Å². The van der Waals surface area contributed by atoms with E-state index in [2.05, 4.69) is 59.1 Å². The van der Waals surface area contributed by atoms with E-state index in [1.165, 1.54) is 13.3 Å². The number of alkyl halides is 1. The van der Waals surface area contributed by atoms with E-state index >= 15 is 8.78 Å². The molecule has 2 aromatic carbocycles. The molecule has 3 aromatic heterocycles. The van der Waals surface area contributed by atoms with E-state index < -0.39 is 80.4 Å². The van der Waals surface area contributed by atoms with Crippen LogP contribution in [0, 0.1) is 17.6 Å². The Balaban J connectivity index is 1.01. The monoisotopic (exact) mass is 1080 g/mol. The summed E-state index contributed by atoms with van der Waals surface area (Å²) in [5, 5.41) is 4.59. The van der Waals surface area contributed by atoms with Crippen LogP contribution in [-0.4, -0.2) is 152 Å². The number of fused-ring (bicyclic) bond motifs is 1. The molecule has 402 valence electrons. The first kappa shape index (κ1) is 55.1. The Morgan fingerprint density at radius 1 is 0.865 bits per heavy atom. The number of aromatic nitrogens is 3. The van der Waals surface area contributed by atoms with Crippen molar-refractivity contribution < 1.29 is 49.9 Å². The summed E-state index contributed by atoms with van der Waals surface area (Å²) in [4.78, 5) is 38.9. The van der Waals surface area contributed by atoms with Gasteiger partial charge in [-0.2, -0.15) is 12.7 Å². The van der Waals surface area contributed by atoms with Crippen molar-refractivity contribution in [1.82, 2.24) is 23.9 Å². The summed E-state index contributed by atoms with van der Waals surface area (Å²) in [6.45, 7) is 21.5. The van der Waals surface area contributed by atoms with Crippen molar-refractivity contribution in [3.63, 3.8) is 0 Å². The highest BCUT2D eigenvalue weighted by atomic mass is 32.2. The van der Waals surface area contributed by atoms with Crippen LogP contribution in [-0.2, 0) is 35.9 Å². The number of carbonyl (C=O) groups excluding carboxylic acids is 2. The zero-order valence-electron chi connectivity index (χ0n) is 44.1. The Bertz CT molecular complexity index is 2900. The molecule has 6 heterocycles. The van der Waals surface area contributed by atoms with Crippen LogP contribution in [0.1, 0.15) is 47.9 Å². The van der Waals surface area contributed by atoms with Crippen LogP contribution in [0.4, 0.5) is 30.4 Å². The number of rotatable bonds is 22. The summed E-state index contributed by atoms with van der Waals surface area (Å²) >= 11 is 0. The van der Waals surface area contributed by atoms with E-state index in [-0.39, 0.29) is 43.8 Å². The van der Waals surface area contributed by atoms with Gasteiger partial charge in [0, 0.05) is 123 Å². The van der Waals surface area contributed by atoms with Gasteiger partial charge in [-0.25, -0.2) is 22.5 Å². The number of ketones is 1. The van der Waals surface area contributed by atoms with E-state index in [0.29, 0.717) is 45.4 Å². The summed E-state index contributed by atoms with van der Waals surface area (Å²) in [6, 6.07) is 15.5. The molecule has 74 heavy (non-hydrogen) atoms. The fourth-order valence-corrected chi connectivity index (χ4v) is 12.6. The van der Waals surface area contributed by atoms with Gasteiger partial charge < -0.3 is 33.1 Å². The zero-order chi connectivity index (χ0) is 53.3. The van der Waals surface area contributed by atoms with Gasteiger partial charge in [-0.05, 0) is 60.3 Å². The van der Waals surface area contributed by atoms with E-state index in [1.807, 2.05) is 44.2 Å². The molecule has 5 aromatic rings. The highest BCUT2D eigenvalue weighted by Crippen LogP contribution is 2.36. The smallest absolute Gasteiger partial charge is 0.316 e. The lowest BCUT2D eigenvalue weighted by molar-refractivity contribution is -0.144. The SMILES string of the molecule is COC(=O)C(c1cc(N2CC(N3CCN(c4ccc(-c5cnc6c(c5)c(C(=O)c5c(F)ccc(N(COCC[Si](C)(C)C)S(=O)(=O)N7CC[C@@H](F)C7)c5F)cn6COCC[Si](C)(C)C)cc4)CC3)C2)no1)C(C)C. The first-order valence-corrected chi connectivity index (χ1v) is 34.3. The Morgan fingerprint density at radius 2 is 1.54 bits per heavy atom. The summed E-state index contributed by atoms with van der Waals surface area (Å²) in [5.41, 5.74) is 1.31. The van der Waals surface area contributed by atoms with Crippen molar-refractivity contribution in [3.05, 3.63) is 89.4 Å². The highest BCUT2D eigenvalue weighted by molar-refractivity contribution is 7.90. The van der Waals surface area contributed by atoms with Gasteiger partial charge >= 0.3 is 16.2 Å². The molecule has 0 bridgehead atoms. The molecule has 3 saturated heterocycles. The molecule has 22 heteroatoms. The lowest BCUT2D eigenvalue weighted by Crippen LogP contribution is -2.63. The highest BCUT2D eigenvalue weighted by Gasteiger charge is 2.40. The van der Waals surface area contributed by atoms with Crippen molar-refractivity contribution in [1.29, 1.82) is 0 Å². The fraction of sp³-hybridized carbons (Fsp3) is 0.538. The molecule has 2 atom stereocenters. The maximum absolute atomic E-state index is 17.1. The third-order valence-corrected chi connectivity index (χ3v) is 19.4. The van der Waals surface area contributed by atoms with Gasteiger partial charge in [-0.3, -0.25) is 14.5 Å². The molecule has 3 aliphatic heterocycles. The molecule has 0 aliphatic carbocycles. The number of nitrogens with zero attached hydrogens (tertiary/aromatic N) is 8. The van der Waals surface area contributed by atoms with Crippen molar-refractivity contribution in [2.24, 2.45) is 5.92 Å². The van der Waals surface area contributed by atoms with Crippen LogP contribution < -0.4 is 14.1 Å². The Labute approximate surface area is 434 Å². The first-order valence-electron chi connectivity index (χ1n) is 25.5. The quantitative estimate of drug-likeness (QED) is 0.0213. The number of anilines is 3. The molecule has 0 spiro atoms. The number of hydrogen-bond donors (Lipinski definition) is 0. The molecule has 8 rings (SSSR count). The van der Waals surface area contributed by atoms with Crippen LogP contribution in [0.15, 0.2) is 65.4 Å². The first-order chi connectivity index (χ1) is 35.0. The van der Waals surface area contributed by atoms with Gasteiger partial charge in [0.25, 0.3) is 0 Å². The van der Waals surface area contributed by atoms with E-state index in [4.69, 9.17) is 23.7 Å². The molecular weight excluding hydrogens is 1010 g/mol. The molecule has 1 unspecified atom stereocenters. The summed E-state index contributed by atoms with van der Waals surface area (Å²) in [6.07, 6.45) is 1.74. The van der Waals surface area contributed by atoms with E-state index in [9.17, 15) is 22.4 Å². The Hall–Kier alpha value is -5.11. The van der Waals surface area contributed by atoms with Gasteiger partial charge in [-0.15, -0.1) is 0 Å². The number of methoxy groups -OCH3 is 1. The Kier molecular flexibility index (Phi) is 16.9. The van der Waals surface area contributed by atoms with Gasteiger partial charge in [-0.1, -0.05) is 70.4 Å². The van der Waals surface area contributed by atoms with Crippen molar-refractivity contribution in [2.75, 3.05) is 93.5 Å². The normalized spacial score (nSPS) is 17.9. The number of halogens is 3. The minimum absolute atomic E-state index is 0.000280. The summed E-state index contributed by atoms with van der Waals surface area (Å²) < 4.78 is 101. The number of esters is 1. The molecule has 0 saturated carbocycles. The molecule has 3 aliphatic rings. The molecule has 0 N–H and O–H groups in total. The van der Waals surface area contributed by atoms with Crippen LogP contribution in [0.2, 0.25) is 51.4 Å². The van der Waals surface area contributed by atoms with Gasteiger partial charge in [0.15, 0.2) is 17.4 Å². The maximum Gasteiger partial charge on any atom is 0.316 e. The van der Waals surface area contributed by atoms with Crippen molar-refractivity contribution in [3.8, 4) is 11.1 Å². The fourth-order valence-electron chi connectivity index (χ4n) is 9.55. The van der Waals surface area contributed by atoms with Crippen LogP contribution in [0.25, 0.3) is 22.2 Å². The predicted octanol–water partition coefficient (Wildman–Crippen LogP) is 8.84. The minimum Gasteiger partial charge on any atom is -0.468 e. The maximum atomic E-state index is 17.1. The lowest BCUT2D eigenvalue weighted by atomic mass is 9.93. The average Bonchev–Trinajstić information content (AvgIpc) is 4.09. The number of carbonyl (C=O) groups is 2. The molecule has 0 radical (unpaired) electrons. The summed E-state index contributed by atoms with van der Waals surface area (Å²) in [5.74, 6) is -3.21. The van der Waals surface area contributed by atoms with Gasteiger partial charge in [0.2, 0.25) is 5.78 Å². The molecule has 16 nitrogen and oxygen atoms in total. The molecule has 3 fully saturated rings. The average molecular weight is 1080 g/mol.